The van der Waals surface area contributed by atoms with Gasteiger partial charge in [0.2, 0.25) is 0 Å². The maximum atomic E-state index is 5.51. The lowest BCUT2D eigenvalue weighted by Crippen LogP contribution is -2.38. The van der Waals surface area contributed by atoms with Crippen LogP contribution in [-0.4, -0.2) is 171 Å². The Bertz CT molecular complexity index is 500. The van der Waals surface area contributed by atoms with E-state index in [4.69, 9.17) is 56.8 Å². The summed E-state index contributed by atoms with van der Waals surface area (Å²) in [4.78, 5) is 0. The van der Waals surface area contributed by atoms with Gasteiger partial charge in [0.05, 0.1) is 152 Å². The van der Waals surface area contributed by atoms with E-state index in [2.05, 4.69) is 26.1 Å². The Morgan fingerprint density at radius 3 is 0.690 bits per heavy atom. The summed E-state index contributed by atoms with van der Waals surface area (Å²) in [5, 5.41) is 3.37. The second-order valence-corrected chi connectivity index (χ2v) is 9.91. The van der Waals surface area contributed by atoms with Crippen LogP contribution in [0.25, 0.3) is 0 Å². The van der Waals surface area contributed by atoms with Gasteiger partial charge < -0.3 is 62.2 Å². The summed E-state index contributed by atoms with van der Waals surface area (Å²) in [7, 11) is 1.65. The summed E-state index contributed by atoms with van der Waals surface area (Å²) < 4.78 is 64.8. The largest absolute Gasteiger partial charge is 0.382 e. The monoisotopic (exact) mass is 615 g/mol. The molecule has 42 heavy (non-hydrogen) atoms. The van der Waals surface area contributed by atoms with Crippen LogP contribution in [0.4, 0.5) is 0 Å². The number of hydrogen-bond acceptors (Lipinski definition) is 13. The Kier molecular flexibility index (Phi) is 34.5. The van der Waals surface area contributed by atoms with E-state index in [0.717, 1.165) is 6.54 Å². The minimum atomic E-state index is 0.118. The first kappa shape index (κ1) is 41.5. The first-order valence-corrected chi connectivity index (χ1v) is 15.2. The normalized spacial score (nSPS) is 12.0. The van der Waals surface area contributed by atoms with Crippen molar-refractivity contribution in [1.82, 2.24) is 5.32 Å². The van der Waals surface area contributed by atoms with Crippen LogP contribution >= 0.6 is 0 Å². The van der Waals surface area contributed by atoms with Crippen LogP contribution in [0, 0.1) is 0 Å². The second-order valence-electron chi connectivity index (χ2n) is 9.91. The molecule has 0 unspecified atom stereocenters. The third-order valence-corrected chi connectivity index (χ3v) is 5.05. The van der Waals surface area contributed by atoms with Gasteiger partial charge in [-0.15, -0.1) is 0 Å². The number of nitrogens with one attached hydrogen (secondary N) is 1. The summed E-state index contributed by atoms with van der Waals surface area (Å²) in [5.41, 5.74) is 0.118. The Balaban J connectivity index is 3.04. The van der Waals surface area contributed by atoms with Gasteiger partial charge in [0, 0.05) is 19.2 Å². The molecule has 0 aliphatic rings. The molecule has 1 N–H and O–H groups in total. The van der Waals surface area contributed by atoms with E-state index in [-0.39, 0.29) is 5.54 Å². The van der Waals surface area contributed by atoms with Crippen molar-refractivity contribution in [3.8, 4) is 0 Å². The molecule has 0 saturated carbocycles. The Labute approximate surface area is 254 Å². The molecule has 0 aliphatic heterocycles. The zero-order valence-corrected chi connectivity index (χ0v) is 26.9. The van der Waals surface area contributed by atoms with Crippen LogP contribution in [0.3, 0.4) is 0 Å². The molecule has 0 aromatic carbocycles. The zero-order chi connectivity index (χ0) is 30.7. The maximum absolute atomic E-state index is 5.51. The van der Waals surface area contributed by atoms with E-state index in [1.165, 1.54) is 0 Å². The highest BCUT2D eigenvalue weighted by molar-refractivity contribution is 4.69. The van der Waals surface area contributed by atoms with Crippen LogP contribution in [-0.2, 0) is 56.8 Å². The summed E-state index contributed by atoms with van der Waals surface area (Å²) >= 11 is 0. The van der Waals surface area contributed by atoms with Crippen molar-refractivity contribution >= 4 is 0 Å². The van der Waals surface area contributed by atoms with Gasteiger partial charge in [0.25, 0.3) is 0 Å². The second kappa shape index (κ2) is 35.0. The first-order valence-electron chi connectivity index (χ1n) is 15.2. The molecule has 0 radical (unpaired) electrons. The van der Waals surface area contributed by atoms with Crippen LogP contribution in [0.5, 0.6) is 0 Å². The van der Waals surface area contributed by atoms with Crippen LogP contribution in [0.2, 0.25) is 0 Å². The molecule has 0 amide bonds. The molecule has 13 heteroatoms. The van der Waals surface area contributed by atoms with Gasteiger partial charge in [-0.05, 0) is 20.8 Å². The lowest BCUT2D eigenvalue weighted by atomic mass is 10.1. The standard InChI is InChI=1S/C29H61NO12/c1-29(2,3)30-5-6-32-9-10-34-13-14-36-17-18-38-21-22-40-25-26-42-28-27-41-24-23-39-20-19-37-16-15-35-12-11-33-8-7-31-4/h30H,5-28H2,1-4H3. The van der Waals surface area contributed by atoms with Crippen molar-refractivity contribution in [2.24, 2.45) is 0 Å². The Hall–Kier alpha value is -0.520. The topological polar surface area (TPSA) is 123 Å². The van der Waals surface area contributed by atoms with E-state index in [0.29, 0.717) is 152 Å². The average Bonchev–Trinajstić information content (AvgIpc) is 2.96. The number of hydrogen-bond donors (Lipinski definition) is 1. The van der Waals surface area contributed by atoms with Crippen LogP contribution in [0.1, 0.15) is 20.8 Å². The third kappa shape index (κ3) is 39.5. The van der Waals surface area contributed by atoms with Crippen molar-refractivity contribution in [3.63, 3.8) is 0 Å². The van der Waals surface area contributed by atoms with Crippen LogP contribution in [0.15, 0.2) is 0 Å². The lowest BCUT2D eigenvalue weighted by Gasteiger charge is -2.20. The van der Waals surface area contributed by atoms with Crippen molar-refractivity contribution in [2.45, 2.75) is 26.3 Å². The SMILES string of the molecule is COCCOCCOCCOCCOCCOCCOCCOCCOCCOCCOCCOCCNC(C)(C)C. The summed E-state index contributed by atoms with van der Waals surface area (Å²) in [6, 6.07) is 0. The van der Waals surface area contributed by atoms with E-state index < -0.39 is 0 Å². The molecule has 0 fully saturated rings. The summed E-state index contributed by atoms with van der Waals surface area (Å²) in [6.07, 6.45) is 0. The van der Waals surface area contributed by atoms with E-state index >= 15 is 0 Å². The van der Waals surface area contributed by atoms with E-state index in [1.54, 1.807) is 7.11 Å². The van der Waals surface area contributed by atoms with Crippen LogP contribution < -0.4 is 5.32 Å². The fraction of sp³-hybridized carbons (Fsp3) is 1.00. The van der Waals surface area contributed by atoms with Gasteiger partial charge in [-0.3, -0.25) is 0 Å². The predicted octanol–water partition coefficient (Wildman–Crippen LogP) is 1.20. The predicted molar refractivity (Wildman–Crippen MR) is 159 cm³/mol. The molecule has 0 rings (SSSR count). The van der Waals surface area contributed by atoms with Crippen molar-refractivity contribution in [2.75, 3.05) is 166 Å². The number of rotatable bonds is 36. The molecule has 254 valence electrons. The van der Waals surface area contributed by atoms with Gasteiger partial charge in [-0.25, -0.2) is 0 Å². The first-order chi connectivity index (χ1) is 20.6. The Morgan fingerprint density at radius 2 is 0.500 bits per heavy atom. The van der Waals surface area contributed by atoms with Crippen molar-refractivity contribution in [3.05, 3.63) is 0 Å². The molecular formula is C29H61NO12. The molecule has 0 aromatic heterocycles. The van der Waals surface area contributed by atoms with E-state index in [1.807, 2.05) is 0 Å². The number of ether oxygens (including phenoxy) is 12. The molecule has 0 heterocycles. The number of methoxy groups -OCH3 is 1. The van der Waals surface area contributed by atoms with Gasteiger partial charge in [-0.2, -0.15) is 0 Å². The summed E-state index contributed by atoms with van der Waals surface area (Å²) in [6.45, 7) is 19.8. The molecule has 0 aliphatic carbocycles. The third-order valence-electron chi connectivity index (χ3n) is 5.05. The average molecular weight is 616 g/mol. The molecule has 0 saturated heterocycles. The highest BCUT2D eigenvalue weighted by Crippen LogP contribution is 1.96. The highest BCUT2D eigenvalue weighted by atomic mass is 16.6. The maximum Gasteiger partial charge on any atom is 0.0701 e. The Morgan fingerprint density at radius 1 is 0.310 bits per heavy atom. The smallest absolute Gasteiger partial charge is 0.0701 e. The quantitative estimate of drug-likeness (QED) is 0.102. The molecule has 0 atom stereocenters. The molecule has 0 aromatic rings. The lowest BCUT2D eigenvalue weighted by molar-refractivity contribution is -0.0280. The fourth-order valence-corrected chi connectivity index (χ4v) is 2.94. The van der Waals surface area contributed by atoms with Gasteiger partial charge in [0.1, 0.15) is 0 Å². The summed E-state index contributed by atoms with van der Waals surface area (Å²) in [5.74, 6) is 0. The van der Waals surface area contributed by atoms with E-state index in [9.17, 15) is 0 Å². The molecule has 13 nitrogen and oxygen atoms in total. The zero-order valence-electron chi connectivity index (χ0n) is 26.9. The minimum Gasteiger partial charge on any atom is -0.382 e. The minimum absolute atomic E-state index is 0.118. The molecule has 0 spiro atoms. The van der Waals surface area contributed by atoms with Gasteiger partial charge >= 0.3 is 0 Å². The fourth-order valence-electron chi connectivity index (χ4n) is 2.94. The molecule has 0 bridgehead atoms. The van der Waals surface area contributed by atoms with Gasteiger partial charge in [-0.1, -0.05) is 0 Å². The van der Waals surface area contributed by atoms with Crippen molar-refractivity contribution in [1.29, 1.82) is 0 Å². The van der Waals surface area contributed by atoms with Gasteiger partial charge in [0.15, 0.2) is 0 Å². The van der Waals surface area contributed by atoms with Crippen molar-refractivity contribution < 1.29 is 56.8 Å². The highest BCUT2D eigenvalue weighted by Gasteiger charge is 2.06. The molecular weight excluding hydrogens is 554 g/mol.